The highest BCUT2D eigenvalue weighted by Crippen LogP contribution is 2.41. The number of nitrogens with zero attached hydrogens (tertiary/aromatic N) is 1. The minimum Gasteiger partial charge on any atom is -0.378 e. The third-order valence-corrected chi connectivity index (χ3v) is 5.61. The summed E-state index contributed by atoms with van der Waals surface area (Å²) < 4.78 is 0. The zero-order valence-corrected chi connectivity index (χ0v) is 16.6. The maximum atomic E-state index is 13.5. The van der Waals surface area contributed by atoms with Gasteiger partial charge >= 0.3 is 0 Å². The Bertz CT molecular complexity index is 996. The number of hydrogen-bond donors (Lipinski definition) is 1. The molecule has 3 heteroatoms. The van der Waals surface area contributed by atoms with E-state index in [1.165, 1.54) is 5.56 Å². The van der Waals surface area contributed by atoms with Gasteiger partial charge in [0.1, 0.15) is 0 Å². The number of hydrogen-bond acceptors (Lipinski definition) is 2. The van der Waals surface area contributed by atoms with Crippen molar-refractivity contribution in [2.24, 2.45) is 0 Å². The molecule has 1 heterocycles. The van der Waals surface area contributed by atoms with E-state index in [0.717, 1.165) is 34.5 Å². The highest BCUT2D eigenvalue weighted by atomic mass is 16.2. The maximum absolute atomic E-state index is 13.5. The number of aryl methyl sites for hydroxylation is 2. The van der Waals surface area contributed by atoms with Gasteiger partial charge in [0.25, 0.3) is 5.91 Å². The lowest BCUT2D eigenvalue weighted by Crippen LogP contribution is -2.45. The molecule has 3 aromatic rings. The summed E-state index contributed by atoms with van der Waals surface area (Å²) in [4.78, 5) is 15.5. The maximum Gasteiger partial charge on any atom is 0.258 e. The number of para-hydroxylation sites is 2. The monoisotopic (exact) mass is 370 g/mol. The van der Waals surface area contributed by atoms with Gasteiger partial charge in [-0.15, -0.1) is 0 Å². The minimum absolute atomic E-state index is 0.0827. The number of carbonyl (C=O) groups is 1. The summed E-state index contributed by atoms with van der Waals surface area (Å²) >= 11 is 0. The Balaban J connectivity index is 1.76. The van der Waals surface area contributed by atoms with Crippen molar-refractivity contribution < 1.29 is 4.79 Å². The van der Waals surface area contributed by atoms with Gasteiger partial charge in [-0.2, -0.15) is 0 Å². The van der Waals surface area contributed by atoms with Crippen LogP contribution in [0.5, 0.6) is 0 Å². The molecule has 0 saturated carbocycles. The van der Waals surface area contributed by atoms with E-state index in [2.05, 4.69) is 49.5 Å². The molecule has 3 nitrogen and oxygen atoms in total. The molecule has 142 valence electrons. The van der Waals surface area contributed by atoms with Gasteiger partial charge in [-0.1, -0.05) is 54.6 Å². The third-order valence-electron chi connectivity index (χ3n) is 5.61. The van der Waals surface area contributed by atoms with Crippen LogP contribution in [0.2, 0.25) is 0 Å². The fourth-order valence-electron chi connectivity index (χ4n) is 4.20. The van der Waals surface area contributed by atoms with Crippen LogP contribution in [0.1, 0.15) is 46.4 Å². The van der Waals surface area contributed by atoms with Gasteiger partial charge in [-0.05, 0) is 62.1 Å². The van der Waals surface area contributed by atoms with Crippen LogP contribution in [0.4, 0.5) is 11.4 Å². The van der Waals surface area contributed by atoms with Crippen LogP contribution < -0.4 is 10.2 Å². The molecule has 3 aromatic carbocycles. The molecule has 1 N–H and O–H groups in total. The first-order valence-corrected chi connectivity index (χ1v) is 9.86. The first-order chi connectivity index (χ1) is 13.6. The summed E-state index contributed by atoms with van der Waals surface area (Å²) in [5, 5.41) is 3.67. The Labute approximate surface area is 167 Å². The van der Waals surface area contributed by atoms with Crippen molar-refractivity contribution in [1.29, 1.82) is 0 Å². The van der Waals surface area contributed by atoms with Crippen molar-refractivity contribution >= 4 is 17.3 Å². The molecule has 1 amide bonds. The molecule has 0 bridgehead atoms. The first kappa shape index (κ1) is 18.3. The second-order valence-electron chi connectivity index (χ2n) is 7.65. The molecular formula is C25H26N2O. The Morgan fingerprint density at radius 2 is 1.57 bits per heavy atom. The van der Waals surface area contributed by atoms with Crippen molar-refractivity contribution in [1.82, 2.24) is 0 Å². The highest BCUT2D eigenvalue weighted by molar-refractivity contribution is 6.08. The molecule has 0 radical (unpaired) electrons. The van der Waals surface area contributed by atoms with E-state index in [9.17, 15) is 4.79 Å². The van der Waals surface area contributed by atoms with Gasteiger partial charge < -0.3 is 10.2 Å². The predicted octanol–water partition coefficient (Wildman–Crippen LogP) is 5.90. The average molecular weight is 370 g/mol. The lowest BCUT2D eigenvalue weighted by Gasteiger charge is -2.41. The van der Waals surface area contributed by atoms with E-state index in [-0.39, 0.29) is 18.0 Å². The Morgan fingerprint density at radius 3 is 2.32 bits per heavy atom. The van der Waals surface area contributed by atoms with Crippen LogP contribution in [-0.4, -0.2) is 11.9 Å². The topological polar surface area (TPSA) is 32.3 Å². The summed E-state index contributed by atoms with van der Waals surface area (Å²) in [5.74, 6) is 0.0827. The first-order valence-electron chi connectivity index (χ1n) is 9.86. The van der Waals surface area contributed by atoms with Gasteiger partial charge in [0.2, 0.25) is 0 Å². The molecule has 1 aliphatic rings. The standard InChI is InChI=1S/C25H26N2O/c1-17-10-7-8-14-21(17)25(28)27-19(3)16-23(26-20-12-5-4-6-13-20)22-15-9-11-18(2)24(22)27/h4-15,19,23,26H,16H2,1-3H3. The van der Waals surface area contributed by atoms with E-state index in [0.29, 0.717) is 0 Å². The summed E-state index contributed by atoms with van der Waals surface area (Å²) in [7, 11) is 0. The van der Waals surface area contributed by atoms with E-state index in [1.807, 2.05) is 54.3 Å². The number of rotatable bonds is 3. The normalized spacial score (nSPS) is 18.5. The Kier molecular flexibility index (Phi) is 4.91. The summed E-state index contributed by atoms with van der Waals surface area (Å²) in [6.45, 7) is 6.24. The number of amides is 1. The molecule has 2 atom stereocenters. The minimum atomic E-state index is 0.0827. The second-order valence-corrected chi connectivity index (χ2v) is 7.65. The second kappa shape index (κ2) is 7.51. The van der Waals surface area contributed by atoms with Gasteiger partial charge in [0, 0.05) is 17.3 Å². The van der Waals surface area contributed by atoms with E-state index < -0.39 is 0 Å². The SMILES string of the molecule is Cc1ccccc1C(=O)N1c2c(C)cccc2C(Nc2ccccc2)CC1C. The third kappa shape index (κ3) is 3.29. The van der Waals surface area contributed by atoms with Crippen LogP contribution in [0.15, 0.2) is 72.8 Å². The van der Waals surface area contributed by atoms with Gasteiger partial charge in [0.15, 0.2) is 0 Å². The smallest absolute Gasteiger partial charge is 0.258 e. The molecule has 4 rings (SSSR count). The van der Waals surface area contributed by atoms with Gasteiger partial charge in [-0.25, -0.2) is 0 Å². The molecular weight excluding hydrogens is 344 g/mol. The van der Waals surface area contributed by atoms with Crippen LogP contribution in [0.3, 0.4) is 0 Å². The van der Waals surface area contributed by atoms with Crippen LogP contribution in [-0.2, 0) is 0 Å². The molecule has 0 fully saturated rings. The lowest BCUT2D eigenvalue weighted by atomic mass is 9.88. The van der Waals surface area contributed by atoms with Crippen LogP contribution >= 0.6 is 0 Å². The van der Waals surface area contributed by atoms with Gasteiger partial charge in [-0.3, -0.25) is 4.79 Å². The fourth-order valence-corrected chi connectivity index (χ4v) is 4.20. The van der Waals surface area contributed by atoms with Crippen LogP contribution in [0.25, 0.3) is 0 Å². The molecule has 0 saturated heterocycles. The number of anilines is 2. The summed E-state index contributed by atoms with van der Waals surface area (Å²) in [6.07, 6.45) is 0.864. The van der Waals surface area contributed by atoms with Crippen molar-refractivity contribution in [3.8, 4) is 0 Å². The zero-order chi connectivity index (χ0) is 19.7. The predicted molar refractivity (Wildman–Crippen MR) is 116 cm³/mol. The fraction of sp³-hybridized carbons (Fsp3) is 0.240. The number of fused-ring (bicyclic) bond motifs is 1. The molecule has 28 heavy (non-hydrogen) atoms. The van der Waals surface area contributed by atoms with Crippen LogP contribution in [0, 0.1) is 13.8 Å². The molecule has 0 aromatic heterocycles. The summed E-state index contributed by atoms with van der Waals surface area (Å²) in [5.41, 5.74) is 6.25. The zero-order valence-electron chi connectivity index (χ0n) is 16.6. The number of benzene rings is 3. The van der Waals surface area contributed by atoms with E-state index in [4.69, 9.17) is 0 Å². The van der Waals surface area contributed by atoms with Gasteiger partial charge in [0.05, 0.1) is 11.7 Å². The van der Waals surface area contributed by atoms with Crippen molar-refractivity contribution in [3.05, 3.63) is 95.1 Å². The van der Waals surface area contributed by atoms with E-state index >= 15 is 0 Å². The lowest BCUT2D eigenvalue weighted by molar-refractivity contribution is 0.0973. The molecule has 2 unspecified atom stereocenters. The van der Waals surface area contributed by atoms with Crippen molar-refractivity contribution in [3.63, 3.8) is 0 Å². The van der Waals surface area contributed by atoms with Crippen molar-refractivity contribution in [2.45, 2.75) is 39.3 Å². The Morgan fingerprint density at radius 1 is 0.893 bits per heavy atom. The molecule has 0 spiro atoms. The largest absolute Gasteiger partial charge is 0.378 e. The van der Waals surface area contributed by atoms with E-state index in [1.54, 1.807) is 0 Å². The van der Waals surface area contributed by atoms with Crippen molar-refractivity contribution in [2.75, 3.05) is 10.2 Å². The molecule has 0 aliphatic carbocycles. The molecule has 1 aliphatic heterocycles. The number of carbonyl (C=O) groups excluding carboxylic acids is 1. The highest BCUT2D eigenvalue weighted by Gasteiger charge is 2.35. The summed E-state index contributed by atoms with van der Waals surface area (Å²) in [6, 6.07) is 24.7. The Hall–Kier alpha value is -3.07. The number of nitrogens with one attached hydrogen (secondary N) is 1. The quantitative estimate of drug-likeness (QED) is 0.623. The average Bonchev–Trinajstić information content (AvgIpc) is 2.69.